The predicted molar refractivity (Wildman–Crippen MR) is 99.4 cm³/mol. The Morgan fingerprint density at radius 3 is 2.62 bits per heavy atom. The van der Waals surface area contributed by atoms with E-state index in [1.54, 1.807) is 35.9 Å². The van der Waals surface area contributed by atoms with Crippen LogP contribution in [0.3, 0.4) is 0 Å². The van der Waals surface area contributed by atoms with E-state index in [-0.39, 0.29) is 11.3 Å². The van der Waals surface area contributed by atoms with E-state index in [0.29, 0.717) is 33.4 Å². The average Bonchev–Trinajstić information content (AvgIpc) is 2.57. The number of anilines is 1. The summed E-state index contributed by atoms with van der Waals surface area (Å²) in [5.41, 5.74) is 3.52. The van der Waals surface area contributed by atoms with Crippen LogP contribution in [0, 0.1) is 5.41 Å². The monoisotopic (exact) mass is 349 g/mol. The third-order valence-electron chi connectivity index (χ3n) is 5.53. The van der Waals surface area contributed by atoms with Crippen molar-refractivity contribution in [2.75, 3.05) is 31.1 Å². The zero-order valence-corrected chi connectivity index (χ0v) is 14.4. The molecule has 0 saturated carbocycles. The summed E-state index contributed by atoms with van der Waals surface area (Å²) in [4.78, 5) is 15.0. The number of rotatable bonds is 2. The average molecular weight is 349 g/mol. The summed E-state index contributed by atoms with van der Waals surface area (Å²) in [6.45, 7) is 3.87. The number of aromatic nitrogens is 3. The second kappa shape index (κ2) is 5.28. The second-order valence-electron chi connectivity index (χ2n) is 7.37. The molecule has 2 fully saturated rings. The highest BCUT2D eigenvalue weighted by Gasteiger charge is 2.48. The van der Waals surface area contributed by atoms with E-state index in [1.165, 1.54) is 0 Å². The molecule has 5 rings (SSSR count). The van der Waals surface area contributed by atoms with E-state index in [4.69, 9.17) is 0 Å². The fourth-order valence-corrected chi connectivity index (χ4v) is 3.92. The van der Waals surface area contributed by atoms with Gasteiger partial charge in [0.15, 0.2) is 0 Å². The number of phenolic OH excluding ortho intramolecular Hbond substituents is 1. The van der Waals surface area contributed by atoms with Crippen LogP contribution in [0.15, 0.2) is 41.2 Å². The Morgan fingerprint density at radius 1 is 1.15 bits per heavy atom. The molecule has 0 atom stereocenters. The SMILES string of the molecule is Cn1c(=O)c(N2CC3(CNC3)C2)cc2nnc(-c3ccccc3O)cc21. The van der Waals surface area contributed by atoms with Gasteiger partial charge in [-0.2, -0.15) is 0 Å². The molecule has 0 unspecified atom stereocenters. The molecule has 2 aliphatic rings. The lowest BCUT2D eigenvalue weighted by atomic mass is 9.74. The minimum Gasteiger partial charge on any atom is -0.507 e. The quantitative estimate of drug-likeness (QED) is 0.721. The summed E-state index contributed by atoms with van der Waals surface area (Å²) >= 11 is 0. The Labute approximate surface area is 149 Å². The van der Waals surface area contributed by atoms with E-state index in [1.807, 2.05) is 12.1 Å². The number of hydrogen-bond donors (Lipinski definition) is 2. The van der Waals surface area contributed by atoms with Crippen molar-refractivity contribution in [2.45, 2.75) is 0 Å². The lowest BCUT2D eigenvalue weighted by Crippen LogP contribution is -2.71. The fraction of sp³-hybridized carbons (Fsp3) is 0.316. The molecule has 7 nitrogen and oxygen atoms in total. The number of benzene rings is 1. The highest BCUT2D eigenvalue weighted by Crippen LogP contribution is 2.37. The normalized spacial score (nSPS) is 18.0. The second-order valence-corrected chi connectivity index (χ2v) is 7.37. The number of hydrogen-bond acceptors (Lipinski definition) is 6. The van der Waals surface area contributed by atoms with Gasteiger partial charge < -0.3 is 19.9 Å². The molecule has 0 radical (unpaired) electrons. The molecule has 2 aromatic heterocycles. The number of nitrogens with one attached hydrogen (secondary N) is 1. The lowest BCUT2D eigenvalue weighted by Gasteiger charge is -2.56. The smallest absolute Gasteiger partial charge is 0.274 e. The first kappa shape index (κ1) is 15.3. The van der Waals surface area contributed by atoms with Gasteiger partial charge >= 0.3 is 0 Å². The third kappa shape index (κ3) is 2.13. The van der Waals surface area contributed by atoms with Crippen molar-refractivity contribution < 1.29 is 5.11 Å². The van der Waals surface area contributed by atoms with Gasteiger partial charge in [0.1, 0.15) is 17.0 Å². The van der Waals surface area contributed by atoms with Crippen molar-refractivity contribution >= 4 is 16.7 Å². The number of para-hydroxylation sites is 1. The van der Waals surface area contributed by atoms with Gasteiger partial charge in [0.05, 0.1) is 11.2 Å². The first-order chi connectivity index (χ1) is 12.6. The molecule has 4 heterocycles. The van der Waals surface area contributed by atoms with E-state index in [2.05, 4.69) is 20.4 Å². The zero-order valence-electron chi connectivity index (χ0n) is 14.4. The Kier molecular flexibility index (Phi) is 3.12. The highest BCUT2D eigenvalue weighted by atomic mass is 16.3. The molecule has 2 N–H and O–H groups in total. The first-order valence-corrected chi connectivity index (χ1v) is 8.68. The van der Waals surface area contributed by atoms with E-state index in [9.17, 15) is 9.90 Å². The zero-order chi connectivity index (χ0) is 17.9. The van der Waals surface area contributed by atoms with Crippen molar-refractivity contribution in [3.05, 3.63) is 46.8 Å². The van der Waals surface area contributed by atoms with Crippen LogP contribution in [0.25, 0.3) is 22.3 Å². The Hall–Kier alpha value is -2.93. The topological polar surface area (TPSA) is 83.3 Å². The summed E-state index contributed by atoms with van der Waals surface area (Å²) in [6.07, 6.45) is 0. The summed E-state index contributed by atoms with van der Waals surface area (Å²) in [6, 6.07) is 10.6. The maximum atomic E-state index is 12.9. The summed E-state index contributed by atoms with van der Waals surface area (Å²) in [5.74, 6) is 0.141. The lowest BCUT2D eigenvalue weighted by molar-refractivity contribution is 0.121. The number of aromatic hydroxyl groups is 1. The number of nitrogens with zero attached hydrogens (tertiary/aromatic N) is 4. The Morgan fingerprint density at radius 2 is 1.92 bits per heavy atom. The highest BCUT2D eigenvalue weighted by molar-refractivity contribution is 5.82. The standard InChI is InChI=1S/C19H19N5O2/c1-23-15-6-13(12-4-2-3-5-17(12)25)21-22-14(15)7-16(18(23)26)24-10-19(11-24)8-20-9-19/h2-7,20,25H,8-11H2,1H3. The third-order valence-corrected chi connectivity index (χ3v) is 5.53. The van der Waals surface area contributed by atoms with Crippen LogP contribution in [0.2, 0.25) is 0 Å². The molecule has 2 aliphatic heterocycles. The fourth-order valence-electron chi connectivity index (χ4n) is 3.92. The maximum Gasteiger partial charge on any atom is 0.274 e. The van der Waals surface area contributed by atoms with Gasteiger partial charge in [-0.15, -0.1) is 10.2 Å². The van der Waals surface area contributed by atoms with Crippen LogP contribution in [0.1, 0.15) is 0 Å². The van der Waals surface area contributed by atoms with Gasteiger partial charge in [0.25, 0.3) is 5.56 Å². The Balaban J connectivity index is 1.58. The molecule has 1 aromatic carbocycles. The predicted octanol–water partition coefficient (Wildman–Crippen LogP) is 1.11. The number of aryl methyl sites for hydroxylation is 1. The molecule has 2 saturated heterocycles. The van der Waals surface area contributed by atoms with Crippen molar-refractivity contribution in [3.8, 4) is 17.0 Å². The van der Waals surface area contributed by atoms with E-state index >= 15 is 0 Å². The molecule has 132 valence electrons. The molecule has 3 aromatic rings. The molecule has 0 aliphatic carbocycles. The summed E-state index contributed by atoms with van der Waals surface area (Å²) in [5, 5.41) is 21.9. The van der Waals surface area contributed by atoms with Crippen LogP contribution < -0.4 is 15.8 Å². The van der Waals surface area contributed by atoms with E-state index < -0.39 is 0 Å². The first-order valence-electron chi connectivity index (χ1n) is 8.68. The summed E-state index contributed by atoms with van der Waals surface area (Å²) < 4.78 is 1.62. The van der Waals surface area contributed by atoms with Gasteiger partial charge in [-0.3, -0.25) is 4.79 Å². The largest absolute Gasteiger partial charge is 0.507 e. The molecular formula is C19H19N5O2. The molecule has 7 heteroatoms. The maximum absolute atomic E-state index is 12.9. The van der Waals surface area contributed by atoms with Crippen LogP contribution in [0.5, 0.6) is 5.75 Å². The number of phenols is 1. The van der Waals surface area contributed by atoms with Crippen LogP contribution in [-0.4, -0.2) is 46.1 Å². The van der Waals surface area contributed by atoms with Gasteiger partial charge in [-0.05, 0) is 24.3 Å². The molecule has 0 bridgehead atoms. The molecular weight excluding hydrogens is 330 g/mol. The van der Waals surface area contributed by atoms with Crippen LogP contribution in [-0.2, 0) is 7.05 Å². The van der Waals surface area contributed by atoms with Gasteiger partial charge in [-0.25, -0.2) is 0 Å². The van der Waals surface area contributed by atoms with Gasteiger partial charge in [0.2, 0.25) is 0 Å². The van der Waals surface area contributed by atoms with Crippen LogP contribution >= 0.6 is 0 Å². The molecule has 1 spiro atoms. The minimum atomic E-state index is -0.0316. The van der Waals surface area contributed by atoms with Crippen molar-refractivity contribution in [2.24, 2.45) is 12.5 Å². The minimum absolute atomic E-state index is 0.0316. The van der Waals surface area contributed by atoms with Gasteiger partial charge in [-0.1, -0.05) is 12.1 Å². The van der Waals surface area contributed by atoms with Crippen molar-refractivity contribution in [1.82, 2.24) is 20.1 Å². The number of pyridine rings is 1. The molecule has 26 heavy (non-hydrogen) atoms. The summed E-state index contributed by atoms with van der Waals surface area (Å²) in [7, 11) is 1.75. The van der Waals surface area contributed by atoms with Crippen LogP contribution in [0.4, 0.5) is 5.69 Å². The Bertz CT molecular complexity index is 1080. The van der Waals surface area contributed by atoms with Gasteiger partial charge in [0, 0.05) is 44.2 Å². The van der Waals surface area contributed by atoms with Crippen molar-refractivity contribution in [1.29, 1.82) is 0 Å². The number of fused-ring (bicyclic) bond motifs is 1. The van der Waals surface area contributed by atoms with Crippen molar-refractivity contribution in [3.63, 3.8) is 0 Å². The molecule has 0 amide bonds. The van der Waals surface area contributed by atoms with E-state index in [0.717, 1.165) is 26.2 Å².